The van der Waals surface area contributed by atoms with E-state index in [2.05, 4.69) is 11.8 Å². The lowest BCUT2D eigenvalue weighted by atomic mass is 9.86. The van der Waals surface area contributed by atoms with Crippen molar-refractivity contribution in [1.82, 2.24) is 9.55 Å². The van der Waals surface area contributed by atoms with Crippen LogP contribution in [0, 0.1) is 11.8 Å². The molecule has 2 aromatic heterocycles. The Bertz CT molecular complexity index is 1530. The van der Waals surface area contributed by atoms with E-state index in [1.54, 1.807) is 23.6 Å². The van der Waals surface area contributed by atoms with Crippen molar-refractivity contribution in [3.63, 3.8) is 0 Å². The van der Waals surface area contributed by atoms with Crippen LogP contribution in [-0.2, 0) is 28.3 Å². The molecule has 3 aromatic rings. The van der Waals surface area contributed by atoms with E-state index in [0.29, 0.717) is 41.4 Å². The summed E-state index contributed by atoms with van der Waals surface area (Å²) in [6, 6.07) is 5.34. The lowest BCUT2D eigenvalue weighted by molar-refractivity contribution is -0.172. The maximum atomic E-state index is 13.5. The third-order valence-corrected chi connectivity index (χ3v) is 6.66. The number of hydrogen-bond acceptors (Lipinski definition) is 8. The fourth-order valence-electron chi connectivity index (χ4n) is 4.84. The minimum Gasteiger partial charge on any atom is -0.458 e. The molecule has 3 aliphatic heterocycles. The van der Waals surface area contributed by atoms with Crippen LogP contribution in [0.5, 0.6) is 11.5 Å². The highest BCUT2D eigenvalue weighted by atomic mass is 16.7. The first-order valence-corrected chi connectivity index (χ1v) is 11.1. The van der Waals surface area contributed by atoms with E-state index in [1.807, 2.05) is 6.07 Å². The van der Waals surface area contributed by atoms with E-state index < -0.39 is 11.6 Å². The van der Waals surface area contributed by atoms with E-state index in [0.717, 1.165) is 16.5 Å². The molecule has 6 rings (SSSR count). The van der Waals surface area contributed by atoms with Gasteiger partial charge >= 0.3 is 5.97 Å². The number of ether oxygens (including phenoxy) is 3. The summed E-state index contributed by atoms with van der Waals surface area (Å²) in [4.78, 5) is 30.7. The van der Waals surface area contributed by atoms with Crippen LogP contribution >= 0.6 is 0 Å². The Morgan fingerprint density at radius 3 is 2.74 bits per heavy atom. The average molecular weight is 459 g/mol. The summed E-state index contributed by atoms with van der Waals surface area (Å²) in [6.45, 7) is 2.33. The highest BCUT2D eigenvalue weighted by molar-refractivity contribution is 5.93. The number of nitrogens with two attached hydrogens (primary N) is 1. The van der Waals surface area contributed by atoms with Crippen LogP contribution in [0.2, 0.25) is 0 Å². The molecular formula is C25H21N3O6. The summed E-state index contributed by atoms with van der Waals surface area (Å²) in [5, 5.41) is 11.9. The molecule has 0 saturated carbocycles. The fraction of sp³-hybridized carbons (Fsp3) is 0.320. The van der Waals surface area contributed by atoms with Crippen molar-refractivity contribution in [2.24, 2.45) is 5.73 Å². The summed E-state index contributed by atoms with van der Waals surface area (Å²) in [6.07, 6.45) is 0.604. The maximum absolute atomic E-state index is 13.5. The average Bonchev–Trinajstić information content (AvgIpc) is 3.44. The van der Waals surface area contributed by atoms with Crippen molar-refractivity contribution in [1.29, 1.82) is 0 Å². The Morgan fingerprint density at radius 2 is 1.97 bits per heavy atom. The molecule has 0 spiro atoms. The second-order valence-electron chi connectivity index (χ2n) is 8.48. The van der Waals surface area contributed by atoms with Crippen LogP contribution in [0.15, 0.2) is 23.0 Å². The monoisotopic (exact) mass is 459 g/mol. The van der Waals surface area contributed by atoms with Gasteiger partial charge in [0.05, 0.1) is 29.0 Å². The topological polar surface area (TPSA) is 126 Å². The van der Waals surface area contributed by atoms with Crippen molar-refractivity contribution in [2.75, 3.05) is 13.3 Å². The van der Waals surface area contributed by atoms with Gasteiger partial charge in [-0.05, 0) is 18.6 Å². The first kappa shape index (κ1) is 20.7. The first-order valence-electron chi connectivity index (χ1n) is 11.1. The molecule has 172 valence electrons. The summed E-state index contributed by atoms with van der Waals surface area (Å²) in [5.74, 6) is 6.78. The van der Waals surface area contributed by atoms with E-state index in [1.165, 1.54) is 0 Å². The number of carbonyl (C=O) groups is 1. The number of nitrogens with zero attached hydrogens (tertiary/aromatic N) is 2. The molecule has 34 heavy (non-hydrogen) atoms. The number of aliphatic hydroxyl groups is 1. The van der Waals surface area contributed by atoms with Crippen LogP contribution in [0.25, 0.3) is 22.3 Å². The Hall–Kier alpha value is -3.87. The molecule has 0 unspecified atom stereocenters. The third-order valence-electron chi connectivity index (χ3n) is 6.66. The van der Waals surface area contributed by atoms with Crippen molar-refractivity contribution in [3.05, 3.63) is 50.8 Å². The molecule has 5 heterocycles. The zero-order chi connectivity index (χ0) is 23.6. The highest BCUT2D eigenvalue weighted by Gasteiger charge is 2.45. The summed E-state index contributed by atoms with van der Waals surface area (Å²) in [7, 11) is 0. The molecule has 0 amide bonds. The minimum absolute atomic E-state index is 0.0824. The first-order chi connectivity index (χ1) is 16.5. The Balaban J connectivity index is 1.65. The Kier molecular flexibility index (Phi) is 4.46. The minimum atomic E-state index is -1.88. The molecule has 0 radical (unpaired) electrons. The van der Waals surface area contributed by atoms with E-state index >= 15 is 0 Å². The third kappa shape index (κ3) is 2.73. The van der Waals surface area contributed by atoms with Gasteiger partial charge in [-0.3, -0.25) is 4.79 Å². The molecule has 9 heteroatoms. The quantitative estimate of drug-likeness (QED) is 0.341. The molecule has 3 N–H and O–H groups in total. The normalized spacial score (nSPS) is 19.2. The van der Waals surface area contributed by atoms with Gasteiger partial charge in [-0.2, -0.15) is 0 Å². The molecule has 0 bridgehead atoms. The van der Waals surface area contributed by atoms with Gasteiger partial charge in [0.1, 0.15) is 6.61 Å². The SMILES string of the molecule is CC[C@@]1(O)C(=O)OCc2c1cc1n(c2=O)Cc2c-1nc1cc3c(cc1c2C#CCCN)OCO3. The number of rotatable bonds is 2. The van der Waals surface area contributed by atoms with E-state index in [4.69, 9.17) is 24.9 Å². The highest BCUT2D eigenvalue weighted by Crippen LogP contribution is 2.42. The lowest BCUT2D eigenvalue weighted by Crippen LogP contribution is -2.44. The van der Waals surface area contributed by atoms with E-state index in [-0.39, 0.29) is 43.1 Å². The van der Waals surface area contributed by atoms with Gasteiger partial charge in [0.2, 0.25) is 6.79 Å². The molecule has 1 aromatic carbocycles. The van der Waals surface area contributed by atoms with Crippen LogP contribution in [-0.4, -0.2) is 34.0 Å². The fourth-order valence-corrected chi connectivity index (χ4v) is 4.84. The number of fused-ring (bicyclic) bond motifs is 6. The number of esters is 1. The van der Waals surface area contributed by atoms with Gasteiger partial charge in [0.25, 0.3) is 5.56 Å². The molecule has 3 aliphatic rings. The predicted molar refractivity (Wildman–Crippen MR) is 121 cm³/mol. The summed E-state index contributed by atoms with van der Waals surface area (Å²) < 4.78 is 17.8. The van der Waals surface area contributed by atoms with Gasteiger partial charge in [-0.1, -0.05) is 18.8 Å². The molecule has 9 nitrogen and oxygen atoms in total. The number of hydrogen-bond donors (Lipinski definition) is 2. The summed E-state index contributed by atoms with van der Waals surface area (Å²) in [5.41, 5.74) is 7.29. The van der Waals surface area contributed by atoms with Gasteiger partial charge < -0.3 is 29.6 Å². The van der Waals surface area contributed by atoms with Crippen LogP contribution in [0.4, 0.5) is 0 Å². The van der Waals surface area contributed by atoms with Crippen molar-refractivity contribution < 1.29 is 24.1 Å². The number of cyclic esters (lactones) is 1. The Labute approximate surface area is 194 Å². The summed E-state index contributed by atoms with van der Waals surface area (Å²) >= 11 is 0. The van der Waals surface area contributed by atoms with Gasteiger partial charge in [-0.25, -0.2) is 9.78 Å². The van der Waals surface area contributed by atoms with Gasteiger partial charge in [0.15, 0.2) is 17.1 Å². The molecule has 0 fully saturated rings. The molecule has 1 atom stereocenters. The largest absolute Gasteiger partial charge is 0.458 e. The van der Waals surface area contributed by atoms with Gasteiger partial charge in [-0.15, -0.1) is 0 Å². The zero-order valence-electron chi connectivity index (χ0n) is 18.4. The smallest absolute Gasteiger partial charge is 0.343 e. The number of benzene rings is 1. The van der Waals surface area contributed by atoms with E-state index in [9.17, 15) is 14.7 Å². The maximum Gasteiger partial charge on any atom is 0.343 e. The van der Waals surface area contributed by atoms with Crippen molar-refractivity contribution >= 4 is 16.9 Å². The van der Waals surface area contributed by atoms with Crippen LogP contribution in [0.1, 0.15) is 42.0 Å². The lowest BCUT2D eigenvalue weighted by Gasteiger charge is -2.31. The second kappa shape index (κ2) is 7.32. The van der Waals surface area contributed by atoms with Crippen LogP contribution in [0.3, 0.4) is 0 Å². The van der Waals surface area contributed by atoms with Gasteiger partial charge in [0, 0.05) is 41.1 Å². The number of carbonyl (C=O) groups excluding carboxylic acids is 1. The standard InChI is InChI=1S/C25H21N3O6/c1-2-25(31)17-8-19-22-15(10-28(19)23(29)16(17)11-32-24(25)30)13(5-3-4-6-26)14-7-20-21(34-12-33-20)9-18(14)27-22/h7-9,31H,2,4,6,10-12,26H2,1H3/t25-/m0/s1. The zero-order valence-corrected chi connectivity index (χ0v) is 18.4. The van der Waals surface area contributed by atoms with Crippen LogP contribution < -0.4 is 20.8 Å². The molecular weight excluding hydrogens is 438 g/mol. The molecule has 0 aliphatic carbocycles. The second-order valence-corrected chi connectivity index (χ2v) is 8.48. The number of pyridine rings is 2. The molecule has 0 saturated heterocycles. The van der Waals surface area contributed by atoms with Crippen molar-refractivity contribution in [2.45, 2.75) is 38.5 Å². The predicted octanol–water partition coefficient (Wildman–Crippen LogP) is 1.51. The van der Waals surface area contributed by atoms with Crippen molar-refractivity contribution in [3.8, 4) is 34.7 Å². The number of aromatic nitrogens is 2. The Morgan fingerprint density at radius 1 is 1.18 bits per heavy atom.